The molecule has 0 fully saturated rings. The summed E-state index contributed by atoms with van der Waals surface area (Å²) in [5, 5.41) is 12.5. The van der Waals surface area contributed by atoms with Gasteiger partial charge < -0.3 is 4.90 Å². The second kappa shape index (κ2) is 13.4. The molecular weight excluding hydrogens is 771 g/mol. The third-order valence-electron chi connectivity index (χ3n) is 14.4. The lowest BCUT2D eigenvalue weighted by Crippen LogP contribution is -2.26. The topological polar surface area (TPSA) is 3.24 Å². The van der Waals surface area contributed by atoms with E-state index in [2.05, 4.69) is 241 Å². The van der Waals surface area contributed by atoms with Crippen LogP contribution in [0.4, 0.5) is 17.1 Å². The lowest BCUT2D eigenvalue weighted by Gasteiger charge is -2.33. The van der Waals surface area contributed by atoms with Crippen LogP contribution in [-0.4, -0.2) is 0 Å². The summed E-state index contributed by atoms with van der Waals surface area (Å²) < 4.78 is 0. The van der Waals surface area contributed by atoms with Crippen LogP contribution in [0.2, 0.25) is 0 Å². The fraction of sp³-hybridized carbons (Fsp3) is 0.0159. The number of anilines is 3. The van der Waals surface area contributed by atoms with Gasteiger partial charge in [-0.1, -0.05) is 194 Å². The lowest BCUT2D eigenvalue weighted by atomic mass is 9.70. The van der Waals surface area contributed by atoms with E-state index >= 15 is 0 Å². The van der Waals surface area contributed by atoms with E-state index in [4.69, 9.17) is 0 Å². The first-order valence-corrected chi connectivity index (χ1v) is 22.3. The monoisotopic (exact) mass is 809 g/mol. The van der Waals surface area contributed by atoms with E-state index < -0.39 is 5.41 Å². The number of hydrogen-bond acceptors (Lipinski definition) is 1. The molecule has 1 heteroatoms. The molecule has 296 valence electrons. The van der Waals surface area contributed by atoms with E-state index in [1.54, 1.807) is 0 Å². The first-order valence-electron chi connectivity index (χ1n) is 22.3. The van der Waals surface area contributed by atoms with Gasteiger partial charge in [0.2, 0.25) is 0 Å². The largest absolute Gasteiger partial charge is 0.310 e. The summed E-state index contributed by atoms with van der Waals surface area (Å²) in [6.07, 6.45) is 0. The van der Waals surface area contributed by atoms with Crippen LogP contribution in [0.3, 0.4) is 0 Å². The van der Waals surface area contributed by atoms with Gasteiger partial charge in [0.1, 0.15) is 0 Å². The number of benzene rings is 12. The minimum absolute atomic E-state index is 0.497. The zero-order chi connectivity index (χ0) is 41.9. The van der Waals surface area contributed by atoms with Crippen molar-refractivity contribution in [2.75, 3.05) is 4.90 Å². The van der Waals surface area contributed by atoms with Gasteiger partial charge >= 0.3 is 0 Å². The van der Waals surface area contributed by atoms with Gasteiger partial charge in [0, 0.05) is 16.9 Å². The SMILES string of the molecule is c1ccc2c(c1)-c1ccccc1C21c2ccccc2-c2cc(-c3ccc4ccccc4c3)c(N(c3ccc4ccccc4c3)c3ccc4c5ccccc5c5ccccc5c4c3)cc21. The molecule has 2 aliphatic carbocycles. The maximum Gasteiger partial charge on any atom is 0.0726 e. The third kappa shape index (κ3) is 4.84. The second-order valence-corrected chi connectivity index (χ2v) is 17.6. The molecule has 0 unspecified atom stereocenters. The Balaban J connectivity index is 1.13. The van der Waals surface area contributed by atoms with Crippen LogP contribution in [0.1, 0.15) is 22.3 Å². The van der Waals surface area contributed by atoms with Crippen LogP contribution < -0.4 is 4.90 Å². The average molecular weight is 810 g/mol. The number of fused-ring (bicyclic) bond motifs is 18. The van der Waals surface area contributed by atoms with Gasteiger partial charge in [-0.2, -0.15) is 0 Å². The molecule has 0 amide bonds. The van der Waals surface area contributed by atoms with Crippen LogP contribution in [0.5, 0.6) is 0 Å². The van der Waals surface area contributed by atoms with Gasteiger partial charge in [-0.05, 0) is 146 Å². The van der Waals surface area contributed by atoms with Gasteiger partial charge in [0.15, 0.2) is 0 Å². The summed E-state index contributed by atoms with van der Waals surface area (Å²) in [5.41, 5.74) is 15.8. The molecule has 2 aliphatic rings. The molecule has 0 aliphatic heterocycles. The molecule has 1 spiro atoms. The van der Waals surface area contributed by atoms with Gasteiger partial charge in [0.05, 0.1) is 11.1 Å². The summed E-state index contributed by atoms with van der Waals surface area (Å²) in [7, 11) is 0. The highest BCUT2D eigenvalue weighted by Crippen LogP contribution is 2.64. The zero-order valence-corrected chi connectivity index (χ0v) is 35.0. The summed E-state index contributed by atoms with van der Waals surface area (Å²) in [6, 6.07) is 88.8. The van der Waals surface area contributed by atoms with Crippen molar-refractivity contribution in [3.8, 4) is 33.4 Å². The van der Waals surface area contributed by atoms with Crippen molar-refractivity contribution in [1.82, 2.24) is 0 Å². The van der Waals surface area contributed by atoms with Crippen molar-refractivity contribution in [1.29, 1.82) is 0 Å². The predicted molar refractivity (Wildman–Crippen MR) is 270 cm³/mol. The minimum Gasteiger partial charge on any atom is -0.310 e. The normalized spacial score (nSPS) is 13.1. The van der Waals surface area contributed by atoms with E-state index in [1.165, 1.54) is 109 Å². The van der Waals surface area contributed by atoms with Crippen LogP contribution in [-0.2, 0) is 5.41 Å². The van der Waals surface area contributed by atoms with Crippen LogP contribution >= 0.6 is 0 Å². The fourth-order valence-corrected chi connectivity index (χ4v) is 11.7. The van der Waals surface area contributed by atoms with Crippen molar-refractivity contribution >= 4 is 70.9 Å². The summed E-state index contributed by atoms with van der Waals surface area (Å²) in [5.74, 6) is 0. The highest BCUT2D eigenvalue weighted by atomic mass is 15.1. The van der Waals surface area contributed by atoms with Crippen molar-refractivity contribution in [2.45, 2.75) is 5.41 Å². The molecule has 0 radical (unpaired) electrons. The van der Waals surface area contributed by atoms with Crippen LogP contribution in [0.25, 0.3) is 87.2 Å². The van der Waals surface area contributed by atoms with E-state index in [1.807, 2.05) is 0 Å². The molecule has 0 heterocycles. The molecule has 14 rings (SSSR count). The number of hydrogen-bond donors (Lipinski definition) is 0. The summed E-state index contributed by atoms with van der Waals surface area (Å²) in [6.45, 7) is 0. The molecule has 0 N–H and O–H groups in total. The smallest absolute Gasteiger partial charge is 0.0726 e. The number of rotatable bonds is 4. The quantitative estimate of drug-likeness (QED) is 0.160. The molecule has 1 nitrogen and oxygen atoms in total. The van der Waals surface area contributed by atoms with Gasteiger partial charge in [-0.15, -0.1) is 0 Å². The number of nitrogens with zero attached hydrogens (tertiary/aromatic N) is 1. The molecule has 0 atom stereocenters. The second-order valence-electron chi connectivity index (χ2n) is 17.6. The van der Waals surface area contributed by atoms with E-state index in [0.717, 1.165) is 17.1 Å². The third-order valence-corrected chi connectivity index (χ3v) is 14.4. The van der Waals surface area contributed by atoms with E-state index in [9.17, 15) is 0 Å². The van der Waals surface area contributed by atoms with Gasteiger partial charge in [-0.25, -0.2) is 0 Å². The van der Waals surface area contributed by atoms with Crippen LogP contribution in [0, 0.1) is 0 Å². The predicted octanol–water partition coefficient (Wildman–Crippen LogP) is 16.9. The summed E-state index contributed by atoms with van der Waals surface area (Å²) >= 11 is 0. The summed E-state index contributed by atoms with van der Waals surface area (Å²) in [4.78, 5) is 2.55. The zero-order valence-electron chi connectivity index (χ0n) is 35.0. The van der Waals surface area contributed by atoms with Crippen molar-refractivity contribution in [2.24, 2.45) is 0 Å². The van der Waals surface area contributed by atoms with Crippen molar-refractivity contribution < 1.29 is 0 Å². The average Bonchev–Trinajstić information content (AvgIpc) is 3.83. The molecule has 0 saturated heterocycles. The lowest BCUT2D eigenvalue weighted by molar-refractivity contribution is 0.794. The van der Waals surface area contributed by atoms with Gasteiger partial charge in [0.25, 0.3) is 0 Å². The Bertz CT molecular complexity index is 3850. The van der Waals surface area contributed by atoms with Crippen molar-refractivity contribution in [3.05, 3.63) is 259 Å². The minimum atomic E-state index is -0.497. The van der Waals surface area contributed by atoms with Gasteiger partial charge in [-0.3, -0.25) is 0 Å². The fourth-order valence-electron chi connectivity index (χ4n) is 11.7. The molecule has 0 bridgehead atoms. The van der Waals surface area contributed by atoms with Crippen LogP contribution in [0.15, 0.2) is 237 Å². The molecule has 0 aromatic heterocycles. The Hall–Kier alpha value is -8.26. The maximum atomic E-state index is 2.57. The van der Waals surface area contributed by atoms with Crippen molar-refractivity contribution in [3.63, 3.8) is 0 Å². The highest BCUT2D eigenvalue weighted by Gasteiger charge is 2.52. The van der Waals surface area contributed by atoms with E-state index in [0.29, 0.717) is 0 Å². The molecular formula is C63H39N. The Morgan fingerprint density at radius 3 is 1.30 bits per heavy atom. The Morgan fingerprint density at radius 2 is 0.688 bits per heavy atom. The molecule has 12 aromatic carbocycles. The molecule has 12 aromatic rings. The first-order chi connectivity index (χ1) is 31.7. The molecule has 64 heavy (non-hydrogen) atoms. The Labute approximate surface area is 371 Å². The maximum absolute atomic E-state index is 2.57. The molecule has 0 saturated carbocycles. The van der Waals surface area contributed by atoms with E-state index in [-0.39, 0.29) is 0 Å². The standard InChI is InChI=1S/C63H39N/c1-3-17-42-35-44(30-29-40(42)15-1)55-38-57-54-25-11-14-28-60(54)63(58-26-12-9-23-52(58)53-24-10-13-27-59(53)63)61(57)39-62(55)64(45-32-31-41-16-2-4-18-43(41)36-45)46-33-34-51-49-21-6-5-19-47(49)48-20-7-8-22-50(48)56(51)37-46/h1-39H. The Kier molecular flexibility index (Phi) is 7.38. The first kappa shape index (κ1) is 35.3. The Morgan fingerprint density at radius 1 is 0.250 bits per heavy atom. The highest BCUT2D eigenvalue weighted by molar-refractivity contribution is 6.26.